The molecule has 0 bridgehead atoms. The van der Waals surface area contributed by atoms with Crippen molar-refractivity contribution in [2.24, 2.45) is 5.92 Å². The first kappa shape index (κ1) is 16.4. The highest BCUT2D eigenvalue weighted by molar-refractivity contribution is 5.78. The first-order chi connectivity index (χ1) is 9.02. The Morgan fingerprint density at radius 3 is 2.32 bits per heavy atom. The average Bonchev–Trinajstić information content (AvgIpc) is 2.42. The Labute approximate surface area is 118 Å². The van der Waals surface area contributed by atoms with Crippen LogP contribution in [0, 0.1) is 5.92 Å². The van der Waals surface area contributed by atoms with Crippen LogP contribution in [0.3, 0.4) is 0 Å². The molecule has 1 amide bonds. The zero-order chi connectivity index (χ0) is 14.3. The molecule has 1 atom stereocenters. The molecule has 0 aromatic rings. The van der Waals surface area contributed by atoms with Crippen LogP contribution in [0.5, 0.6) is 0 Å². The summed E-state index contributed by atoms with van der Waals surface area (Å²) in [5, 5.41) is 3.20. The van der Waals surface area contributed by atoms with Crippen LogP contribution < -0.4 is 5.32 Å². The number of rotatable bonds is 7. The summed E-state index contributed by atoms with van der Waals surface area (Å²) in [6, 6.07) is 0.376. The Bertz CT molecular complexity index is 260. The van der Waals surface area contributed by atoms with Gasteiger partial charge < -0.3 is 10.2 Å². The molecule has 1 fully saturated rings. The van der Waals surface area contributed by atoms with Gasteiger partial charge in [-0.15, -0.1) is 0 Å². The van der Waals surface area contributed by atoms with Crippen LogP contribution in [0.2, 0.25) is 0 Å². The van der Waals surface area contributed by atoms with Gasteiger partial charge in [0.05, 0.1) is 6.54 Å². The minimum absolute atomic E-state index is 0.246. The van der Waals surface area contributed by atoms with Gasteiger partial charge in [-0.2, -0.15) is 0 Å². The molecule has 4 heteroatoms. The molecule has 1 unspecified atom stereocenters. The number of carbonyl (C=O) groups excluding carboxylic acids is 1. The van der Waals surface area contributed by atoms with E-state index in [1.807, 2.05) is 4.90 Å². The van der Waals surface area contributed by atoms with Crippen molar-refractivity contribution in [1.29, 1.82) is 0 Å². The predicted molar refractivity (Wildman–Crippen MR) is 80.2 cm³/mol. The summed E-state index contributed by atoms with van der Waals surface area (Å²) in [4.78, 5) is 16.5. The van der Waals surface area contributed by atoms with Gasteiger partial charge in [0.1, 0.15) is 0 Å². The molecular weight excluding hydrogens is 238 g/mol. The zero-order valence-corrected chi connectivity index (χ0v) is 13.1. The predicted octanol–water partition coefficient (Wildman–Crippen LogP) is 1.56. The Kier molecular flexibility index (Phi) is 7.39. The molecule has 1 aliphatic heterocycles. The maximum absolute atomic E-state index is 12.0. The molecular formula is C15H31N3O. The lowest BCUT2D eigenvalue weighted by atomic mass is 10.0. The average molecular weight is 269 g/mol. The van der Waals surface area contributed by atoms with Gasteiger partial charge in [0.25, 0.3) is 0 Å². The molecule has 0 spiro atoms. The molecule has 19 heavy (non-hydrogen) atoms. The fourth-order valence-electron chi connectivity index (χ4n) is 2.23. The van der Waals surface area contributed by atoms with Crippen molar-refractivity contribution in [3.8, 4) is 0 Å². The Hall–Kier alpha value is -0.610. The maximum atomic E-state index is 12.0. The van der Waals surface area contributed by atoms with Gasteiger partial charge in [-0.3, -0.25) is 9.69 Å². The fraction of sp³-hybridized carbons (Fsp3) is 0.933. The topological polar surface area (TPSA) is 35.6 Å². The summed E-state index contributed by atoms with van der Waals surface area (Å²) >= 11 is 0. The van der Waals surface area contributed by atoms with Crippen molar-refractivity contribution in [2.45, 2.75) is 46.6 Å². The Morgan fingerprint density at radius 1 is 1.16 bits per heavy atom. The number of nitrogens with zero attached hydrogens (tertiary/aromatic N) is 2. The number of hydrogen-bond donors (Lipinski definition) is 1. The van der Waals surface area contributed by atoms with Crippen LogP contribution in [0.25, 0.3) is 0 Å². The van der Waals surface area contributed by atoms with Crippen molar-refractivity contribution in [3.05, 3.63) is 0 Å². The van der Waals surface area contributed by atoms with Gasteiger partial charge in [0, 0.05) is 32.2 Å². The van der Waals surface area contributed by atoms with Crippen LogP contribution in [-0.2, 0) is 4.79 Å². The summed E-state index contributed by atoms with van der Waals surface area (Å²) in [7, 11) is 0. The number of piperazine rings is 1. The van der Waals surface area contributed by atoms with Gasteiger partial charge in [-0.1, -0.05) is 34.1 Å². The lowest BCUT2D eigenvalue weighted by Gasteiger charge is -2.35. The van der Waals surface area contributed by atoms with Crippen molar-refractivity contribution in [2.75, 3.05) is 39.3 Å². The molecule has 0 radical (unpaired) electrons. The second-order valence-corrected chi connectivity index (χ2v) is 6.06. The fourth-order valence-corrected chi connectivity index (χ4v) is 2.23. The van der Waals surface area contributed by atoms with E-state index in [1.165, 1.54) is 19.4 Å². The van der Waals surface area contributed by atoms with E-state index in [9.17, 15) is 4.79 Å². The zero-order valence-electron chi connectivity index (χ0n) is 13.1. The molecule has 0 aliphatic carbocycles. The maximum Gasteiger partial charge on any atom is 0.236 e. The summed E-state index contributed by atoms with van der Waals surface area (Å²) in [6.07, 6.45) is 2.54. The van der Waals surface area contributed by atoms with E-state index in [0.29, 0.717) is 12.6 Å². The second kappa shape index (κ2) is 8.54. The quantitative estimate of drug-likeness (QED) is 0.762. The molecule has 1 rings (SSSR count). The number of nitrogens with one attached hydrogen (secondary N) is 1. The van der Waals surface area contributed by atoms with Crippen LogP contribution in [0.4, 0.5) is 0 Å². The molecule has 0 aromatic carbocycles. The molecule has 0 aromatic heterocycles. The number of carbonyl (C=O) groups is 1. The molecule has 0 saturated carbocycles. The van der Waals surface area contributed by atoms with Gasteiger partial charge in [0.15, 0.2) is 0 Å². The molecule has 1 N–H and O–H groups in total. The highest BCUT2D eigenvalue weighted by Crippen LogP contribution is 2.09. The van der Waals surface area contributed by atoms with E-state index in [-0.39, 0.29) is 5.91 Å². The first-order valence-electron chi connectivity index (χ1n) is 7.76. The monoisotopic (exact) mass is 269 g/mol. The summed E-state index contributed by atoms with van der Waals surface area (Å²) < 4.78 is 0. The van der Waals surface area contributed by atoms with Crippen molar-refractivity contribution in [3.63, 3.8) is 0 Å². The summed E-state index contributed by atoms with van der Waals surface area (Å²) in [5.74, 6) is 1.06. The van der Waals surface area contributed by atoms with Crippen molar-refractivity contribution in [1.82, 2.24) is 15.1 Å². The lowest BCUT2D eigenvalue weighted by molar-refractivity contribution is -0.132. The summed E-state index contributed by atoms with van der Waals surface area (Å²) in [6.45, 7) is 14.2. The summed E-state index contributed by atoms with van der Waals surface area (Å²) in [5.41, 5.74) is 0. The minimum atomic E-state index is 0.246. The molecule has 112 valence electrons. The standard InChI is InChI=1S/C15H31N3O/c1-5-14(4)6-7-17-8-10-18(11-9-17)15(19)12-16-13(2)3/h13-14,16H,5-12H2,1-4H3. The SMILES string of the molecule is CCC(C)CCN1CCN(C(=O)CNC(C)C)CC1. The van der Waals surface area contributed by atoms with Crippen LogP contribution in [-0.4, -0.2) is 61.0 Å². The highest BCUT2D eigenvalue weighted by atomic mass is 16.2. The van der Waals surface area contributed by atoms with E-state index < -0.39 is 0 Å². The molecule has 4 nitrogen and oxygen atoms in total. The van der Waals surface area contributed by atoms with E-state index in [1.54, 1.807) is 0 Å². The second-order valence-electron chi connectivity index (χ2n) is 6.06. The van der Waals surface area contributed by atoms with Crippen LogP contribution >= 0.6 is 0 Å². The third kappa shape index (κ3) is 6.39. The third-order valence-electron chi connectivity index (χ3n) is 4.02. The van der Waals surface area contributed by atoms with Gasteiger partial charge in [-0.25, -0.2) is 0 Å². The minimum Gasteiger partial charge on any atom is -0.339 e. The smallest absolute Gasteiger partial charge is 0.236 e. The van der Waals surface area contributed by atoms with Crippen LogP contribution in [0.15, 0.2) is 0 Å². The Morgan fingerprint density at radius 2 is 1.79 bits per heavy atom. The molecule has 1 aliphatic rings. The lowest BCUT2D eigenvalue weighted by Crippen LogP contribution is -2.51. The van der Waals surface area contributed by atoms with Gasteiger partial charge >= 0.3 is 0 Å². The van der Waals surface area contributed by atoms with Gasteiger partial charge in [-0.05, 0) is 18.9 Å². The van der Waals surface area contributed by atoms with E-state index in [4.69, 9.17) is 0 Å². The number of hydrogen-bond acceptors (Lipinski definition) is 3. The van der Waals surface area contributed by atoms with Crippen molar-refractivity contribution >= 4 is 5.91 Å². The highest BCUT2D eigenvalue weighted by Gasteiger charge is 2.20. The van der Waals surface area contributed by atoms with E-state index >= 15 is 0 Å². The van der Waals surface area contributed by atoms with Crippen molar-refractivity contribution < 1.29 is 4.79 Å². The van der Waals surface area contributed by atoms with Crippen LogP contribution in [0.1, 0.15) is 40.5 Å². The Balaban J connectivity index is 2.19. The largest absolute Gasteiger partial charge is 0.339 e. The number of amides is 1. The molecule has 1 heterocycles. The van der Waals surface area contributed by atoms with Gasteiger partial charge in [0.2, 0.25) is 5.91 Å². The normalized spacial score (nSPS) is 18.9. The van der Waals surface area contributed by atoms with E-state index in [2.05, 4.69) is 37.9 Å². The first-order valence-corrected chi connectivity index (χ1v) is 7.76. The third-order valence-corrected chi connectivity index (χ3v) is 4.02. The van der Waals surface area contributed by atoms with E-state index in [0.717, 1.165) is 32.1 Å². The molecule has 1 saturated heterocycles.